The molecule has 0 aliphatic heterocycles. The van der Waals surface area contributed by atoms with Crippen LogP contribution in [-0.2, 0) is 0 Å². The van der Waals surface area contributed by atoms with Crippen molar-refractivity contribution < 1.29 is 0 Å². The van der Waals surface area contributed by atoms with Crippen LogP contribution in [0.1, 0.15) is 11.1 Å². The molecule has 0 radical (unpaired) electrons. The summed E-state index contributed by atoms with van der Waals surface area (Å²) in [6.45, 7) is 2.04. The number of nitrogens with two attached hydrogens (primary N) is 1. The maximum Gasteiger partial charge on any atom is 0.104 e. The Morgan fingerprint density at radius 3 is 2.58 bits per heavy atom. The van der Waals surface area contributed by atoms with Gasteiger partial charge in [0, 0.05) is 15.7 Å². The molecule has 2 rings (SSSR count). The van der Waals surface area contributed by atoms with Gasteiger partial charge in [-0.1, -0.05) is 39.7 Å². The second kappa shape index (κ2) is 5.90. The van der Waals surface area contributed by atoms with Crippen molar-refractivity contribution in [1.29, 1.82) is 0 Å². The zero-order valence-corrected chi connectivity index (χ0v) is 13.4. The molecule has 0 saturated carbocycles. The highest BCUT2D eigenvalue weighted by Crippen LogP contribution is 2.28. The lowest BCUT2D eigenvalue weighted by Gasteiger charge is -2.11. The Morgan fingerprint density at radius 2 is 2.00 bits per heavy atom. The van der Waals surface area contributed by atoms with Crippen LogP contribution in [0.25, 0.3) is 0 Å². The summed E-state index contributed by atoms with van der Waals surface area (Å²) < 4.78 is 1.02. The molecule has 0 fully saturated rings. The molecule has 0 spiro atoms. The fourth-order valence-corrected chi connectivity index (χ4v) is 2.70. The zero-order chi connectivity index (χ0) is 14.0. The Morgan fingerprint density at radius 1 is 1.26 bits per heavy atom. The number of aryl methyl sites for hydroxylation is 1. The van der Waals surface area contributed by atoms with Crippen LogP contribution >= 0.6 is 39.7 Å². The summed E-state index contributed by atoms with van der Waals surface area (Å²) in [5.41, 5.74) is 9.28. The molecule has 2 aromatic rings. The monoisotopic (exact) mass is 354 g/mol. The van der Waals surface area contributed by atoms with Crippen LogP contribution in [0, 0.1) is 6.92 Å². The molecule has 19 heavy (non-hydrogen) atoms. The van der Waals surface area contributed by atoms with Crippen LogP contribution in [0.3, 0.4) is 0 Å². The quantitative estimate of drug-likeness (QED) is 0.778. The van der Waals surface area contributed by atoms with Gasteiger partial charge in [-0.25, -0.2) is 0 Å². The minimum Gasteiger partial charge on any atom is -0.389 e. The van der Waals surface area contributed by atoms with E-state index in [0.29, 0.717) is 10.0 Å². The highest BCUT2D eigenvalue weighted by molar-refractivity contribution is 9.10. The first kappa shape index (κ1) is 14.3. The van der Waals surface area contributed by atoms with Gasteiger partial charge >= 0.3 is 0 Å². The molecule has 0 amide bonds. The van der Waals surface area contributed by atoms with Gasteiger partial charge in [-0.15, -0.1) is 0 Å². The third-order valence-corrected chi connectivity index (χ3v) is 3.58. The first-order chi connectivity index (χ1) is 8.95. The van der Waals surface area contributed by atoms with Crippen molar-refractivity contribution in [3.05, 3.63) is 57.0 Å². The predicted molar refractivity (Wildman–Crippen MR) is 89.5 cm³/mol. The van der Waals surface area contributed by atoms with E-state index in [2.05, 4.69) is 21.2 Å². The molecule has 0 aromatic heterocycles. The van der Waals surface area contributed by atoms with E-state index in [1.54, 1.807) is 6.07 Å². The van der Waals surface area contributed by atoms with Crippen molar-refractivity contribution in [2.45, 2.75) is 6.92 Å². The van der Waals surface area contributed by atoms with E-state index >= 15 is 0 Å². The summed E-state index contributed by atoms with van der Waals surface area (Å²) in [4.78, 5) is 0.340. The SMILES string of the molecule is Cc1cc(Br)cc(Nc2ccc(C(N)=S)cc2Cl)c1. The van der Waals surface area contributed by atoms with Gasteiger partial charge in [0.1, 0.15) is 4.99 Å². The first-order valence-electron chi connectivity index (χ1n) is 5.59. The van der Waals surface area contributed by atoms with Gasteiger partial charge in [0.15, 0.2) is 0 Å². The largest absolute Gasteiger partial charge is 0.389 e. The molecule has 0 aliphatic carbocycles. The minimum absolute atomic E-state index is 0.340. The molecule has 0 saturated heterocycles. The molecule has 0 bridgehead atoms. The average Bonchev–Trinajstić information content (AvgIpc) is 2.30. The molecular formula is C14H12BrClN2S. The fourth-order valence-electron chi connectivity index (χ4n) is 1.73. The Hall–Kier alpha value is -1.10. The molecule has 98 valence electrons. The van der Waals surface area contributed by atoms with Crippen molar-refractivity contribution in [3.63, 3.8) is 0 Å². The molecule has 2 aromatic carbocycles. The molecule has 0 aliphatic rings. The van der Waals surface area contributed by atoms with Crippen molar-refractivity contribution in [2.24, 2.45) is 5.73 Å². The van der Waals surface area contributed by atoms with Gasteiger partial charge < -0.3 is 11.1 Å². The molecule has 2 nitrogen and oxygen atoms in total. The fraction of sp³-hybridized carbons (Fsp3) is 0.0714. The number of hydrogen-bond donors (Lipinski definition) is 2. The lowest BCUT2D eigenvalue weighted by atomic mass is 10.2. The van der Waals surface area contributed by atoms with Crippen molar-refractivity contribution in [3.8, 4) is 0 Å². The van der Waals surface area contributed by atoms with E-state index in [4.69, 9.17) is 29.6 Å². The van der Waals surface area contributed by atoms with Crippen LogP contribution in [0.4, 0.5) is 11.4 Å². The van der Waals surface area contributed by atoms with E-state index in [-0.39, 0.29) is 0 Å². The lowest BCUT2D eigenvalue weighted by molar-refractivity contribution is 1.43. The lowest BCUT2D eigenvalue weighted by Crippen LogP contribution is -2.09. The summed E-state index contributed by atoms with van der Waals surface area (Å²) in [5, 5.41) is 3.86. The van der Waals surface area contributed by atoms with E-state index in [1.807, 2.05) is 37.3 Å². The Kier molecular flexibility index (Phi) is 4.45. The van der Waals surface area contributed by atoms with Crippen LogP contribution in [0.5, 0.6) is 0 Å². The van der Waals surface area contributed by atoms with Gasteiger partial charge in [0.25, 0.3) is 0 Å². The van der Waals surface area contributed by atoms with Crippen LogP contribution in [0.2, 0.25) is 5.02 Å². The number of thiocarbonyl (C=S) groups is 1. The molecule has 5 heteroatoms. The van der Waals surface area contributed by atoms with Gasteiger partial charge in [0.05, 0.1) is 10.7 Å². The number of benzene rings is 2. The topological polar surface area (TPSA) is 38.0 Å². The number of nitrogens with one attached hydrogen (secondary N) is 1. The van der Waals surface area contributed by atoms with Gasteiger partial charge in [0.2, 0.25) is 0 Å². The van der Waals surface area contributed by atoms with Crippen LogP contribution < -0.4 is 11.1 Å². The highest BCUT2D eigenvalue weighted by atomic mass is 79.9. The van der Waals surface area contributed by atoms with Gasteiger partial charge in [-0.3, -0.25) is 0 Å². The summed E-state index contributed by atoms with van der Waals surface area (Å²) >= 11 is 14.6. The van der Waals surface area contributed by atoms with Gasteiger partial charge in [-0.2, -0.15) is 0 Å². The first-order valence-corrected chi connectivity index (χ1v) is 7.17. The third-order valence-electron chi connectivity index (χ3n) is 2.57. The Bertz CT molecular complexity index is 623. The summed E-state index contributed by atoms with van der Waals surface area (Å²) in [6, 6.07) is 11.6. The van der Waals surface area contributed by atoms with Crippen LogP contribution in [-0.4, -0.2) is 4.99 Å². The molecule has 0 atom stereocenters. The number of rotatable bonds is 3. The average molecular weight is 356 g/mol. The summed E-state index contributed by atoms with van der Waals surface area (Å²) in [5.74, 6) is 0. The van der Waals surface area contributed by atoms with Crippen LogP contribution in [0.15, 0.2) is 40.9 Å². The summed E-state index contributed by atoms with van der Waals surface area (Å²) in [6.07, 6.45) is 0. The normalized spacial score (nSPS) is 10.3. The maximum absolute atomic E-state index is 6.21. The Labute approximate surface area is 131 Å². The number of anilines is 2. The molecule has 0 heterocycles. The predicted octanol–water partition coefficient (Wildman–Crippen LogP) is 4.79. The van der Waals surface area contributed by atoms with Crippen molar-refractivity contribution in [2.75, 3.05) is 5.32 Å². The second-order valence-corrected chi connectivity index (χ2v) is 5.96. The van der Waals surface area contributed by atoms with E-state index < -0.39 is 0 Å². The highest BCUT2D eigenvalue weighted by Gasteiger charge is 2.05. The standard InChI is InChI=1S/C14H12BrClN2S/c1-8-4-10(15)7-11(5-8)18-13-3-2-9(14(17)19)6-12(13)16/h2-7,18H,1H3,(H2,17,19). The smallest absolute Gasteiger partial charge is 0.104 e. The number of halogens is 2. The second-order valence-electron chi connectivity index (χ2n) is 4.20. The summed E-state index contributed by atoms with van der Waals surface area (Å²) in [7, 11) is 0. The van der Waals surface area contributed by atoms with Crippen molar-refractivity contribution in [1.82, 2.24) is 0 Å². The molecule has 3 N–H and O–H groups in total. The maximum atomic E-state index is 6.21. The van der Waals surface area contributed by atoms with E-state index in [9.17, 15) is 0 Å². The Balaban J connectivity index is 2.30. The minimum atomic E-state index is 0.340. The zero-order valence-electron chi connectivity index (χ0n) is 10.2. The van der Waals surface area contributed by atoms with E-state index in [0.717, 1.165) is 27.0 Å². The number of hydrogen-bond acceptors (Lipinski definition) is 2. The third kappa shape index (κ3) is 3.69. The van der Waals surface area contributed by atoms with E-state index in [1.165, 1.54) is 0 Å². The van der Waals surface area contributed by atoms with Crippen molar-refractivity contribution >= 4 is 56.1 Å². The van der Waals surface area contributed by atoms with Gasteiger partial charge in [-0.05, 0) is 48.9 Å². The molecular weight excluding hydrogens is 344 g/mol. The molecule has 0 unspecified atom stereocenters.